The van der Waals surface area contributed by atoms with Gasteiger partial charge in [0.1, 0.15) is 0 Å². The van der Waals surface area contributed by atoms with E-state index in [9.17, 15) is 4.79 Å². The Hall–Kier alpha value is -1.53. The Kier molecular flexibility index (Phi) is 3.79. The number of amides is 1. The molecule has 0 saturated heterocycles. The number of rotatable bonds is 5. The van der Waals surface area contributed by atoms with E-state index in [1.165, 1.54) is 11.9 Å². The van der Waals surface area contributed by atoms with E-state index in [2.05, 4.69) is 15.0 Å². The number of nitrogens with zero attached hydrogens (tertiary/aromatic N) is 1. The first-order valence-electron chi connectivity index (χ1n) is 4.51. The smallest absolute Gasteiger partial charge is 0.211 e. The van der Waals surface area contributed by atoms with Crippen molar-refractivity contribution in [2.24, 2.45) is 0 Å². The summed E-state index contributed by atoms with van der Waals surface area (Å²) in [5, 5.41) is 5.38. The summed E-state index contributed by atoms with van der Waals surface area (Å²) >= 11 is 3.04. The summed E-state index contributed by atoms with van der Waals surface area (Å²) in [5.74, 6) is 0. The molecule has 0 atom stereocenters. The van der Waals surface area contributed by atoms with Crippen molar-refractivity contribution in [2.45, 2.75) is 4.90 Å². The number of benzene rings is 1. The Morgan fingerprint density at radius 1 is 1.31 bits per heavy atom. The van der Waals surface area contributed by atoms with Crippen molar-refractivity contribution in [3.8, 4) is 0 Å². The Balaban J connectivity index is 1.92. The lowest BCUT2D eigenvalue weighted by atomic mass is 10.3. The van der Waals surface area contributed by atoms with Crippen molar-refractivity contribution in [3.63, 3.8) is 0 Å². The minimum absolute atomic E-state index is 0.663. The van der Waals surface area contributed by atoms with Crippen LogP contribution in [0.5, 0.6) is 0 Å². The molecule has 2 N–H and O–H groups in total. The predicted molar refractivity (Wildman–Crippen MR) is 67.7 cm³/mol. The number of nitrogens with one attached hydrogen (secondary N) is 2. The lowest BCUT2D eigenvalue weighted by Gasteiger charge is -2.02. The van der Waals surface area contributed by atoms with Crippen molar-refractivity contribution in [1.82, 2.24) is 4.98 Å². The highest BCUT2D eigenvalue weighted by atomic mass is 32.2. The van der Waals surface area contributed by atoms with E-state index in [0.717, 1.165) is 15.7 Å². The zero-order valence-corrected chi connectivity index (χ0v) is 9.85. The summed E-state index contributed by atoms with van der Waals surface area (Å²) in [5.41, 5.74) is 0.786. The van der Waals surface area contributed by atoms with Crippen molar-refractivity contribution in [1.29, 1.82) is 0 Å². The van der Waals surface area contributed by atoms with Gasteiger partial charge in [0.15, 0.2) is 5.13 Å². The van der Waals surface area contributed by atoms with Crippen LogP contribution in [0.2, 0.25) is 0 Å². The molecule has 0 radical (unpaired) electrons. The molecule has 6 heteroatoms. The van der Waals surface area contributed by atoms with Gasteiger partial charge in [-0.1, -0.05) is 0 Å². The number of thiazole rings is 1. The first-order valence-corrected chi connectivity index (χ1v) is 6.21. The lowest BCUT2D eigenvalue weighted by molar-refractivity contribution is -0.105. The maximum absolute atomic E-state index is 10.2. The van der Waals surface area contributed by atoms with Gasteiger partial charge in [0, 0.05) is 22.2 Å². The normalized spacial score (nSPS) is 9.75. The molecule has 16 heavy (non-hydrogen) atoms. The van der Waals surface area contributed by atoms with Crippen LogP contribution < -0.4 is 10.0 Å². The molecular weight excluding hydrogens is 242 g/mol. The van der Waals surface area contributed by atoms with E-state index in [4.69, 9.17) is 0 Å². The van der Waals surface area contributed by atoms with Gasteiger partial charge in [-0.15, -0.1) is 11.3 Å². The molecule has 0 aliphatic rings. The fourth-order valence-electron chi connectivity index (χ4n) is 1.06. The first-order chi connectivity index (χ1) is 7.88. The molecule has 2 rings (SSSR count). The Morgan fingerprint density at radius 3 is 2.75 bits per heavy atom. The maximum atomic E-state index is 10.2. The van der Waals surface area contributed by atoms with Crippen LogP contribution in [0.3, 0.4) is 0 Å². The van der Waals surface area contributed by atoms with Crippen molar-refractivity contribution in [2.75, 3.05) is 10.0 Å². The summed E-state index contributed by atoms with van der Waals surface area (Å²) in [6.45, 7) is 0. The summed E-state index contributed by atoms with van der Waals surface area (Å²) in [7, 11) is 0. The predicted octanol–water partition coefficient (Wildman–Crippen LogP) is 2.83. The van der Waals surface area contributed by atoms with E-state index in [1.807, 2.05) is 29.6 Å². The molecule has 1 aromatic heterocycles. The first kappa shape index (κ1) is 11.0. The van der Waals surface area contributed by atoms with E-state index in [-0.39, 0.29) is 0 Å². The van der Waals surface area contributed by atoms with Crippen LogP contribution in [-0.2, 0) is 4.79 Å². The average Bonchev–Trinajstić information content (AvgIpc) is 2.82. The molecule has 4 nitrogen and oxygen atoms in total. The molecule has 0 bridgehead atoms. The molecule has 0 aliphatic carbocycles. The van der Waals surface area contributed by atoms with Gasteiger partial charge in [0.05, 0.1) is 0 Å². The molecular formula is C10H9N3OS2. The fraction of sp³-hybridized carbons (Fsp3) is 0. The van der Waals surface area contributed by atoms with Gasteiger partial charge in [-0.25, -0.2) is 4.98 Å². The SMILES string of the molecule is O=CNc1ccc(SNc2nccs2)cc1. The monoisotopic (exact) mass is 251 g/mol. The van der Waals surface area contributed by atoms with Gasteiger partial charge in [0.25, 0.3) is 0 Å². The molecule has 1 aromatic carbocycles. The van der Waals surface area contributed by atoms with Gasteiger partial charge >= 0.3 is 0 Å². The van der Waals surface area contributed by atoms with Crippen LogP contribution in [0.25, 0.3) is 0 Å². The van der Waals surface area contributed by atoms with Crippen molar-refractivity contribution >= 4 is 40.5 Å². The third-order valence-electron chi connectivity index (χ3n) is 1.77. The molecule has 0 aliphatic heterocycles. The van der Waals surface area contributed by atoms with E-state index in [0.29, 0.717) is 6.41 Å². The van der Waals surface area contributed by atoms with Gasteiger partial charge < -0.3 is 10.0 Å². The van der Waals surface area contributed by atoms with Crippen LogP contribution >= 0.6 is 23.3 Å². The molecule has 0 spiro atoms. The second kappa shape index (κ2) is 5.53. The second-order valence-electron chi connectivity index (χ2n) is 2.83. The highest BCUT2D eigenvalue weighted by molar-refractivity contribution is 8.00. The third kappa shape index (κ3) is 2.98. The Labute approximate surface area is 101 Å². The van der Waals surface area contributed by atoms with E-state index in [1.54, 1.807) is 17.5 Å². The highest BCUT2D eigenvalue weighted by Gasteiger charge is 1.97. The molecule has 0 fully saturated rings. The summed E-state index contributed by atoms with van der Waals surface area (Å²) < 4.78 is 3.13. The topological polar surface area (TPSA) is 54.0 Å². The summed E-state index contributed by atoms with van der Waals surface area (Å²) in [4.78, 5) is 15.4. The summed E-state index contributed by atoms with van der Waals surface area (Å²) in [6, 6.07) is 7.55. The molecule has 0 saturated carbocycles. The number of aromatic nitrogens is 1. The number of anilines is 2. The van der Waals surface area contributed by atoms with Gasteiger partial charge in [-0.3, -0.25) is 4.79 Å². The number of hydrogen-bond acceptors (Lipinski definition) is 5. The zero-order chi connectivity index (χ0) is 11.2. The maximum Gasteiger partial charge on any atom is 0.211 e. The average molecular weight is 251 g/mol. The lowest BCUT2D eigenvalue weighted by Crippen LogP contribution is -1.92. The van der Waals surface area contributed by atoms with Crippen molar-refractivity contribution in [3.05, 3.63) is 35.8 Å². The minimum Gasteiger partial charge on any atom is -0.329 e. The zero-order valence-electron chi connectivity index (χ0n) is 8.21. The number of carbonyl (C=O) groups excluding carboxylic acids is 1. The van der Waals surface area contributed by atoms with Crippen molar-refractivity contribution < 1.29 is 4.79 Å². The fourth-order valence-corrected chi connectivity index (χ4v) is 2.28. The van der Waals surface area contributed by atoms with Crippen LogP contribution in [0.4, 0.5) is 10.8 Å². The largest absolute Gasteiger partial charge is 0.329 e. The highest BCUT2D eigenvalue weighted by Crippen LogP contribution is 2.23. The second-order valence-corrected chi connectivity index (χ2v) is 4.60. The molecule has 2 aromatic rings. The van der Waals surface area contributed by atoms with Crippen LogP contribution in [-0.4, -0.2) is 11.4 Å². The van der Waals surface area contributed by atoms with Gasteiger partial charge in [0.2, 0.25) is 6.41 Å². The van der Waals surface area contributed by atoms with E-state index < -0.39 is 0 Å². The van der Waals surface area contributed by atoms with Crippen LogP contribution in [0.1, 0.15) is 0 Å². The van der Waals surface area contributed by atoms with Gasteiger partial charge in [-0.2, -0.15) is 0 Å². The standard InChI is InChI=1S/C10H9N3OS2/c14-7-12-8-1-3-9(4-2-8)16-13-10-11-5-6-15-10/h1-7H,(H,11,13)(H,12,14). The number of carbonyl (C=O) groups is 1. The molecule has 82 valence electrons. The summed E-state index contributed by atoms with van der Waals surface area (Å²) in [6.07, 6.45) is 2.42. The molecule has 1 amide bonds. The quantitative estimate of drug-likeness (QED) is 0.634. The van der Waals surface area contributed by atoms with Crippen LogP contribution in [0, 0.1) is 0 Å². The van der Waals surface area contributed by atoms with Gasteiger partial charge in [-0.05, 0) is 36.2 Å². The molecule has 1 heterocycles. The third-order valence-corrected chi connectivity index (χ3v) is 3.39. The van der Waals surface area contributed by atoms with Crippen LogP contribution in [0.15, 0.2) is 40.7 Å². The Morgan fingerprint density at radius 2 is 2.12 bits per heavy atom. The minimum atomic E-state index is 0.663. The van der Waals surface area contributed by atoms with E-state index >= 15 is 0 Å². The molecule has 0 unspecified atom stereocenters. The number of hydrogen-bond donors (Lipinski definition) is 2. The Bertz CT molecular complexity index is 442.